The highest BCUT2D eigenvalue weighted by Crippen LogP contribution is 2.32. The van der Waals surface area contributed by atoms with Gasteiger partial charge < -0.3 is 19.3 Å². The van der Waals surface area contributed by atoms with Gasteiger partial charge in [-0.15, -0.1) is 0 Å². The van der Waals surface area contributed by atoms with Gasteiger partial charge in [-0.1, -0.05) is 35.0 Å². The fraction of sp³-hybridized carbons (Fsp3) is 0.176. The van der Waals surface area contributed by atoms with Gasteiger partial charge in [0.2, 0.25) is 5.88 Å². The number of amides is 1. The van der Waals surface area contributed by atoms with Gasteiger partial charge in [-0.3, -0.25) is 4.79 Å². The number of ether oxygens (including phenoxy) is 2. The molecule has 0 fully saturated rings. The minimum Gasteiger partial charge on any atom is -0.479 e. The SMILES string of the molecule is COc1ncc(NC(=O)c2c(-c3ccccc3Cl)noc2C)c(OC)n1. The molecule has 1 N–H and O–H groups in total. The van der Waals surface area contributed by atoms with Gasteiger partial charge in [0.05, 0.1) is 25.4 Å². The van der Waals surface area contributed by atoms with E-state index in [-0.39, 0.29) is 23.1 Å². The van der Waals surface area contributed by atoms with Gasteiger partial charge in [-0.05, 0) is 13.0 Å². The van der Waals surface area contributed by atoms with Gasteiger partial charge >= 0.3 is 6.01 Å². The predicted molar refractivity (Wildman–Crippen MR) is 94.8 cm³/mol. The van der Waals surface area contributed by atoms with Crippen LogP contribution in [0.3, 0.4) is 0 Å². The van der Waals surface area contributed by atoms with Crippen LogP contribution in [0.4, 0.5) is 5.69 Å². The number of hydrogen-bond donors (Lipinski definition) is 1. The zero-order valence-electron chi connectivity index (χ0n) is 14.2. The van der Waals surface area contributed by atoms with Crippen molar-refractivity contribution < 1.29 is 18.8 Å². The first-order valence-corrected chi connectivity index (χ1v) is 7.90. The van der Waals surface area contributed by atoms with Gasteiger partial charge in [0.15, 0.2) is 0 Å². The highest BCUT2D eigenvalue weighted by Gasteiger charge is 2.24. The molecular weight excluding hydrogens is 360 g/mol. The monoisotopic (exact) mass is 374 g/mol. The summed E-state index contributed by atoms with van der Waals surface area (Å²) in [5, 5.41) is 7.13. The maximum absolute atomic E-state index is 12.8. The van der Waals surface area contributed by atoms with Crippen LogP contribution in [0.25, 0.3) is 11.3 Å². The van der Waals surface area contributed by atoms with Crippen LogP contribution in [0.15, 0.2) is 35.0 Å². The zero-order valence-corrected chi connectivity index (χ0v) is 15.0. The Kier molecular flexibility index (Phi) is 5.04. The number of nitrogens with zero attached hydrogens (tertiary/aromatic N) is 3. The Hall–Kier alpha value is -3.13. The molecule has 134 valence electrons. The molecule has 9 heteroatoms. The number of carbonyl (C=O) groups is 1. The minimum atomic E-state index is -0.453. The van der Waals surface area contributed by atoms with E-state index in [9.17, 15) is 4.79 Å². The molecule has 0 unspecified atom stereocenters. The third kappa shape index (κ3) is 3.31. The van der Waals surface area contributed by atoms with E-state index < -0.39 is 5.91 Å². The van der Waals surface area contributed by atoms with Gasteiger partial charge in [0.1, 0.15) is 22.7 Å². The summed E-state index contributed by atoms with van der Waals surface area (Å²) >= 11 is 6.22. The average molecular weight is 375 g/mol. The van der Waals surface area contributed by atoms with Crippen LogP contribution in [-0.2, 0) is 0 Å². The van der Waals surface area contributed by atoms with Crippen molar-refractivity contribution in [2.24, 2.45) is 0 Å². The molecule has 0 aliphatic rings. The standard InChI is InChI=1S/C17H15ClN4O4/c1-9-13(14(22-26-9)10-6-4-5-7-11(10)18)15(23)20-12-8-19-17(25-3)21-16(12)24-2/h4-8H,1-3H3,(H,20,23). The van der Waals surface area contributed by atoms with Gasteiger partial charge in [0.25, 0.3) is 5.91 Å². The van der Waals surface area contributed by atoms with Crippen LogP contribution in [-0.4, -0.2) is 35.3 Å². The van der Waals surface area contributed by atoms with Gasteiger partial charge in [0, 0.05) is 5.56 Å². The summed E-state index contributed by atoms with van der Waals surface area (Å²) in [7, 11) is 2.86. The van der Waals surface area contributed by atoms with Crippen molar-refractivity contribution in [3.8, 4) is 23.1 Å². The average Bonchev–Trinajstić information content (AvgIpc) is 3.03. The summed E-state index contributed by atoms with van der Waals surface area (Å²) < 4.78 is 15.3. The Balaban J connectivity index is 1.97. The second-order valence-corrected chi connectivity index (χ2v) is 5.58. The predicted octanol–water partition coefficient (Wildman–Crippen LogP) is 3.36. The Morgan fingerprint density at radius 2 is 2.00 bits per heavy atom. The van der Waals surface area contributed by atoms with Crippen molar-refractivity contribution in [2.75, 3.05) is 19.5 Å². The van der Waals surface area contributed by atoms with Crippen LogP contribution in [0.2, 0.25) is 5.02 Å². The highest BCUT2D eigenvalue weighted by atomic mass is 35.5. The Labute approximate surface area is 154 Å². The molecule has 0 atom stereocenters. The van der Waals surface area contributed by atoms with Crippen molar-refractivity contribution >= 4 is 23.2 Å². The number of carbonyl (C=O) groups excluding carboxylic acids is 1. The molecular formula is C17H15ClN4O4. The van der Waals surface area contributed by atoms with Crippen LogP contribution < -0.4 is 14.8 Å². The summed E-state index contributed by atoms with van der Waals surface area (Å²) in [6.07, 6.45) is 1.39. The number of aromatic nitrogens is 3. The number of rotatable bonds is 5. The highest BCUT2D eigenvalue weighted by molar-refractivity contribution is 6.33. The third-order valence-corrected chi connectivity index (χ3v) is 3.90. The lowest BCUT2D eigenvalue weighted by Crippen LogP contribution is -2.15. The van der Waals surface area contributed by atoms with Crippen molar-refractivity contribution in [1.82, 2.24) is 15.1 Å². The summed E-state index contributed by atoms with van der Waals surface area (Å²) in [4.78, 5) is 20.8. The number of hydrogen-bond acceptors (Lipinski definition) is 7. The number of aryl methyl sites for hydroxylation is 1. The number of methoxy groups -OCH3 is 2. The summed E-state index contributed by atoms with van der Waals surface area (Å²) in [5.74, 6) is 0.0650. The van der Waals surface area contributed by atoms with E-state index in [1.54, 1.807) is 31.2 Å². The van der Waals surface area contributed by atoms with Crippen LogP contribution in [0.1, 0.15) is 16.1 Å². The molecule has 3 rings (SSSR count). The quantitative estimate of drug-likeness (QED) is 0.730. The van der Waals surface area contributed by atoms with Crippen molar-refractivity contribution in [1.29, 1.82) is 0 Å². The van der Waals surface area contributed by atoms with Crippen molar-refractivity contribution in [3.05, 3.63) is 46.8 Å². The lowest BCUT2D eigenvalue weighted by molar-refractivity contribution is 0.102. The fourth-order valence-electron chi connectivity index (χ4n) is 2.35. The molecule has 0 radical (unpaired) electrons. The third-order valence-electron chi connectivity index (χ3n) is 3.57. The smallest absolute Gasteiger partial charge is 0.319 e. The molecule has 0 aliphatic carbocycles. The Bertz CT molecular complexity index is 958. The molecule has 8 nitrogen and oxygen atoms in total. The lowest BCUT2D eigenvalue weighted by atomic mass is 10.1. The molecule has 3 aromatic rings. The maximum atomic E-state index is 12.8. The zero-order chi connectivity index (χ0) is 18.7. The second-order valence-electron chi connectivity index (χ2n) is 5.18. The molecule has 0 aliphatic heterocycles. The van der Waals surface area contributed by atoms with E-state index in [2.05, 4.69) is 20.4 Å². The topological polar surface area (TPSA) is 99.4 Å². The van der Waals surface area contributed by atoms with E-state index in [1.165, 1.54) is 20.4 Å². The van der Waals surface area contributed by atoms with Crippen molar-refractivity contribution in [2.45, 2.75) is 6.92 Å². The van der Waals surface area contributed by atoms with E-state index in [4.69, 9.17) is 25.6 Å². The normalized spacial score (nSPS) is 10.5. The number of anilines is 1. The van der Waals surface area contributed by atoms with Crippen LogP contribution in [0.5, 0.6) is 11.9 Å². The van der Waals surface area contributed by atoms with E-state index in [1.807, 2.05) is 0 Å². The molecule has 0 saturated heterocycles. The van der Waals surface area contributed by atoms with E-state index in [0.29, 0.717) is 22.0 Å². The van der Waals surface area contributed by atoms with E-state index in [0.717, 1.165) is 0 Å². The largest absolute Gasteiger partial charge is 0.479 e. The van der Waals surface area contributed by atoms with Crippen LogP contribution >= 0.6 is 11.6 Å². The van der Waals surface area contributed by atoms with Gasteiger partial charge in [-0.2, -0.15) is 4.98 Å². The first-order chi connectivity index (χ1) is 12.5. The Morgan fingerprint density at radius 1 is 1.23 bits per heavy atom. The minimum absolute atomic E-state index is 0.123. The summed E-state index contributed by atoms with van der Waals surface area (Å²) in [6.45, 7) is 1.64. The maximum Gasteiger partial charge on any atom is 0.319 e. The molecule has 2 aromatic heterocycles. The van der Waals surface area contributed by atoms with Gasteiger partial charge in [-0.25, -0.2) is 4.98 Å². The fourth-order valence-corrected chi connectivity index (χ4v) is 2.58. The Morgan fingerprint density at radius 3 is 2.69 bits per heavy atom. The first-order valence-electron chi connectivity index (χ1n) is 7.52. The van der Waals surface area contributed by atoms with E-state index >= 15 is 0 Å². The molecule has 2 heterocycles. The number of nitrogens with one attached hydrogen (secondary N) is 1. The molecule has 1 aromatic carbocycles. The molecule has 26 heavy (non-hydrogen) atoms. The molecule has 0 spiro atoms. The van der Waals surface area contributed by atoms with Crippen molar-refractivity contribution in [3.63, 3.8) is 0 Å². The number of halogens is 1. The lowest BCUT2D eigenvalue weighted by Gasteiger charge is -2.10. The summed E-state index contributed by atoms with van der Waals surface area (Å²) in [6, 6.07) is 7.18. The molecule has 1 amide bonds. The van der Waals surface area contributed by atoms with Crippen LogP contribution in [0, 0.1) is 6.92 Å². The number of benzene rings is 1. The first kappa shape index (κ1) is 17.7. The molecule has 0 saturated carbocycles. The summed E-state index contributed by atoms with van der Waals surface area (Å²) in [5.41, 5.74) is 1.48. The second kappa shape index (κ2) is 7.40. The molecule has 0 bridgehead atoms.